The van der Waals surface area contributed by atoms with Crippen LogP contribution in [-0.4, -0.2) is 54.3 Å². The van der Waals surface area contributed by atoms with Gasteiger partial charge in [0.25, 0.3) is 0 Å². The van der Waals surface area contributed by atoms with Gasteiger partial charge in [-0.2, -0.15) is 0 Å². The Morgan fingerprint density at radius 3 is 1.96 bits per heavy atom. The molecule has 6 aliphatic rings. The first-order valence-electron chi connectivity index (χ1n) is 11.4. The number of hydrogen-bond acceptors (Lipinski definition) is 3. The number of hydrogen-bond donors (Lipinski definition) is 1. The lowest BCUT2D eigenvalue weighted by Crippen LogP contribution is -2.59. The molecule has 27 heavy (non-hydrogen) atoms. The molecule has 4 bridgehead atoms. The van der Waals surface area contributed by atoms with Crippen molar-refractivity contribution in [2.24, 2.45) is 40.7 Å². The Labute approximate surface area is 163 Å². The van der Waals surface area contributed by atoms with E-state index in [9.17, 15) is 9.59 Å². The van der Waals surface area contributed by atoms with Crippen LogP contribution in [0.5, 0.6) is 0 Å². The molecule has 0 aromatic carbocycles. The Kier molecular flexibility index (Phi) is 4.49. The zero-order chi connectivity index (χ0) is 18.6. The summed E-state index contributed by atoms with van der Waals surface area (Å²) in [6, 6.07) is 0. The predicted molar refractivity (Wildman–Crippen MR) is 104 cm³/mol. The highest BCUT2D eigenvalue weighted by Crippen LogP contribution is 2.60. The topological polar surface area (TPSA) is 66.6 Å². The summed E-state index contributed by atoms with van der Waals surface area (Å²) in [6.45, 7) is 3.51. The summed E-state index contributed by atoms with van der Waals surface area (Å²) >= 11 is 0. The minimum atomic E-state index is -0.0446. The van der Waals surface area contributed by atoms with Crippen molar-refractivity contribution < 1.29 is 9.59 Å². The molecule has 5 nitrogen and oxygen atoms in total. The Balaban J connectivity index is 1.21. The molecule has 5 heteroatoms. The Hall–Kier alpha value is -1.10. The molecule has 5 saturated carbocycles. The first-order chi connectivity index (χ1) is 13.1. The summed E-state index contributed by atoms with van der Waals surface area (Å²) in [5.41, 5.74) is 5.83. The fourth-order valence-corrected chi connectivity index (χ4v) is 7.72. The van der Waals surface area contributed by atoms with Crippen molar-refractivity contribution in [2.75, 3.05) is 32.7 Å². The first-order valence-corrected chi connectivity index (χ1v) is 11.4. The molecular formula is C22H35N3O2. The van der Waals surface area contributed by atoms with E-state index in [0.29, 0.717) is 37.4 Å². The van der Waals surface area contributed by atoms with Crippen LogP contribution in [0.3, 0.4) is 0 Å². The molecule has 2 atom stereocenters. The van der Waals surface area contributed by atoms with Gasteiger partial charge in [0.2, 0.25) is 11.8 Å². The molecule has 0 radical (unpaired) electrons. The number of nitrogens with zero attached hydrogens (tertiary/aromatic N) is 2. The van der Waals surface area contributed by atoms with Crippen LogP contribution in [0.15, 0.2) is 0 Å². The van der Waals surface area contributed by atoms with E-state index in [1.807, 2.05) is 4.90 Å². The van der Waals surface area contributed by atoms with Crippen LogP contribution in [0, 0.1) is 35.0 Å². The summed E-state index contributed by atoms with van der Waals surface area (Å²) < 4.78 is 0. The van der Waals surface area contributed by atoms with Gasteiger partial charge in [0.05, 0.1) is 5.41 Å². The normalized spacial score (nSPS) is 43.4. The zero-order valence-electron chi connectivity index (χ0n) is 16.6. The summed E-state index contributed by atoms with van der Waals surface area (Å²) in [4.78, 5) is 30.5. The molecule has 150 valence electrons. The predicted octanol–water partition coefficient (Wildman–Crippen LogP) is 2.25. The fraction of sp³-hybridized carbons (Fsp3) is 0.909. The van der Waals surface area contributed by atoms with Gasteiger partial charge in [0, 0.05) is 32.1 Å². The molecule has 1 saturated heterocycles. The smallest absolute Gasteiger partial charge is 0.228 e. The lowest BCUT2D eigenvalue weighted by Gasteiger charge is -2.57. The molecule has 2 N–H and O–H groups in total. The summed E-state index contributed by atoms with van der Waals surface area (Å²) in [5.74, 6) is 3.62. The van der Waals surface area contributed by atoms with Gasteiger partial charge >= 0.3 is 0 Å². The first kappa shape index (κ1) is 18.0. The van der Waals surface area contributed by atoms with Gasteiger partial charge in [-0.15, -0.1) is 0 Å². The average Bonchev–Trinajstić information content (AvgIpc) is 3.15. The Morgan fingerprint density at radius 1 is 0.852 bits per heavy atom. The minimum Gasteiger partial charge on any atom is -0.339 e. The molecule has 6 fully saturated rings. The minimum absolute atomic E-state index is 0.0446. The van der Waals surface area contributed by atoms with Crippen molar-refractivity contribution >= 4 is 11.8 Å². The van der Waals surface area contributed by atoms with Gasteiger partial charge in [0.1, 0.15) is 0 Å². The highest BCUT2D eigenvalue weighted by atomic mass is 16.2. The van der Waals surface area contributed by atoms with E-state index in [-0.39, 0.29) is 11.3 Å². The molecular weight excluding hydrogens is 338 g/mol. The number of carbonyl (C=O) groups is 2. The monoisotopic (exact) mass is 373 g/mol. The second-order valence-electron chi connectivity index (χ2n) is 10.3. The van der Waals surface area contributed by atoms with Crippen LogP contribution in [0.4, 0.5) is 0 Å². The van der Waals surface area contributed by atoms with Gasteiger partial charge < -0.3 is 15.5 Å². The van der Waals surface area contributed by atoms with Gasteiger partial charge in [-0.1, -0.05) is 6.42 Å². The van der Waals surface area contributed by atoms with Crippen molar-refractivity contribution in [2.45, 2.75) is 57.8 Å². The summed E-state index contributed by atoms with van der Waals surface area (Å²) in [6.07, 6.45) is 10.7. The second-order valence-corrected chi connectivity index (χ2v) is 10.3. The van der Waals surface area contributed by atoms with Gasteiger partial charge in [0.15, 0.2) is 0 Å². The molecule has 5 aliphatic carbocycles. The summed E-state index contributed by atoms with van der Waals surface area (Å²) in [7, 11) is 0. The molecule has 0 unspecified atom stereocenters. The molecule has 0 spiro atoms. The number of nitrogens with two attached hydrogens (primary N) is 1. The van der Waals surface area contributed by atoms with Crippen LogP contribution in [0.25, 0.3) is 0 Å². The third-order valence-corrected chi connectivity index (χ3v) is 8.65. The third kappa shape index (κ3) is 3.01. The van der Waals surface area contributed by atoms with Crippen LogP contribution < -0.4 is 5.73 Å². The lowest BCUT2D eigenvalue weighted by molar-refractivity contribution is -0.161. The van der Waals surface area contributed by atoms with Gasteiger partial charge in [-0.25, -0.2) is 0 Å². The van der Waals surface area contributed by atoms with Crippen LogP contribution >= 0.6 is 0 Å². The standard InChI is InChI=1S/C22H35N3O2/c23-14-18-2-1-3-19(18)20(26)24-4-6-25(7-5-24)21(27)22-11-15-8-16(12-22)10-17(9-15)13-22/h15-19H,1-14,23H2/t15?,16?,17?,18-,19-,22?/m1/s1. The maximum absolute atomic E-state index is 13.5. The van der Waals surface area contributed by atoms with E-state index in [1.54, 1.807) is 0 Å². The maximum atomic E-state index is 13.5. The van der Waals surface area contributed by atoms with Gasteiger partial charge in [-0.05, 0) is 81.6 Å². The third-order valence-electron chi connectivity index (χ3n) is 8.65. The van der Waals surface area contributed by atoms with E-state index in [4.69, 9.17) is 5.73 Å². The highest BCUT2D eigenvalue weighted by Gasteiger charge is 2.55. The van der Waals surface area contributed by atoms with Crippen molar-refractivity contribution in [3.63, 3.8) is 0 Å². The molecule has 1 aliphatic heterocycles. The maximum Gasteiger partial charge on any atom is 0.228 e. The number of rotatable bonds is 3. The number of amides is 2. The van der Waals surface area contributed by atoms with Crippen LogP contribution in [0.1, 0.15) is 57.8 Å². The van der Waals surface area contributed by atoms with E-state index >= 15 is 0 Å². The SMILES string of the molecule is NC[C@H]1CCC[C@H]1C(=O)N1CCN(C(=O)C23CC4CC(CC(C4)C2)C3)CC1. The van der Waals surface area contributed by atoms with Crippen molar-refractivity contribution in [1.29, 1.82) is 0 Å². The molecule has 0 aromatic heterocycles. The van der Waals surface area contributed by atoms with Crippen molar-refractivity contribution in [1.82, 2.24) is 9.80 Å². The number of carbonyl (C=O) groups excluding carboxylic acids is 2. The number of piperazine rings is 1. The Bertz CT molecular complexity index is 575. The molecule has 2 amide bonds. The van der Waals surface area contributed by atoms with E-state index in [1.165, 1.54) is 19.3 Å². The summed E-state index contributed by atoms with van der Waals surface area (Å²) in [5, 5.41) is 0. The average molecular weight is 374 g/mol. The van der Waals surface area contributed by atoms with Crippen molar-refractivity contribution in [3.8, 4) is 0 Å². The fourth-order valence-electron chi connectivity index (χ4n) is 7.72. The lowest BCUT2D eigenvalue weighted by atomic mass is 9.49. The van der Waals surface area contributed by atoms with Crippen molar-refractivity contribution in [3.05, 3.63) is 0 Å². The molecule has 6 rings (SSSR count). The molecule has 1 heterocycles. The van der Waals surface area contributed by atoms with Crippen LogP contribution in [-0.2, 0) is 9.59 Å². The van der Waals surface area contributed by atoms with E-state index in [2.05, 4.69) is 4.90 Å². The van der Waals surface area contributed by atoms with E-state index in [0.717, 1.165) is 69.4 Å². The quantitative estimate of drug-likeness (QED) is 0.825. The van der Waals surface area contributed by atoms with Gasteiger partial charge in [-0.3, -0.25) is 9.59 Å². The zero-order valence-corrected chi connectivity index (χ0v) is 16.6. The largest absolute Gasteiger partial charge is 0.339 e. The Morgan fingerprint density at radius 2 is 1.41 bits per heavy atom. The second kappa shape index (κ2) is 6.75. The molecule has 0 aromatic rings. The van der Waals surface area contributed by atoms with E-state index < -0.39 is 0 Å². The van der Waals surface area contributed by atoms with Crippen LogP contribution in [0.2, 0.25) is 0 Å². The highest BCUT2D eigenvalue weighted by molar-refractivity contribution is 5.84.